The van der Waals surface area contributed by atoms with Gasteiger partial charge in [-0.2, -0.15) is 5.10 Å². The van der Waals surface area contributed by atoms with Crippen LogP contribution >= 0.6 is 0 Å². The summed E-state index contributed by atoms with van der Waals surface area (Å²) in [5, 5.41) is 4.57. The molecule has 8 nitrogen and oxygen atoms in total. The van der Waals surface area contributed by atoms with Crippen molar-refractivity contribution in [2.45, 2.75) is 18.3 Å². The monoisotopic (exact) mass is 406 g/mol. The molecule has 0 saturated carbocycles. The van der Waals surface area contributed by atoms with Crippen molar-refractivity contribution >= 4 is 17.1 Å². The number of aromatic nitrogens is 2. The second-order valence-electron chi connectivity index (χ2n) is 7.50. The van der Waals surface area contributed by atoms with Gasteiger partial charge in [0.15, 0.2) is 0 Å². The number of aromatic amines is 1. The Hall–Kier alpha value is -3.55. The fourth-order valence-electron chi connectivity index (χ4n) is 4.04. The lowest BCUT2D eigenvalue weighted by molar-refractivity contribution is 0.257. The van der Waals surface area contributed by atoms with Crippen LogP contribution in [0.2, 0.25) is 0 Å². The third kappa shape index (κ3) is 3.14. The van der Waals surface area contributed by atoms with Crippen LogP contribution < -0.4 is 25.2 Å². The van der Waals surface area contributed by atoms with Crippen molar-refractivity contribution < 1.29 is 14.2 Å². The third-order valence-electron chi connectivity index (χ3n) is 5.68. The van der Waals surface area contributed by atoms with E-state index in [1.807, 2.05) is 36.5 Å². The Balaban J connectivity index is 1.55. The lowest BCUT2D eigenvalue weighted by Crippen LogP contribution is -2.24. The molecule has 2 aromatic carbocycles. The van der Waals surface area contributed by atoms with Crippen molar-refractivity contribution in [1.29, 1.82) is 0 Å². The van der Waals surface area contributed by atoms with E-state index < -0.39 is 0 Å². The maximum Gasteiger partial charge on any atom is 0.258 e. The molecule has 0 bridgehead atoms. The van der Waals surface area contributed by atoms with Gasteiger partial charge in [-0.15, -0.1) is 0 Å². The van der Waals surface area contributed by atoms with Gasteiger partial charge in [-0.3, -0.25) is 4.79 Å². The predicted molar refractivity (Wildman–Crippen MR) is 113 cm³/mol. The Morgan fingerprint density at radius 2 is 2.07 bits per heavy atom. The van der Waals surface area contributed by atoms with Crippen molar-refractivity contribution in [3.63, 3.8) is 0 Å². The standard InChI is InChI=1S/C22H22N4O4/c1-28-16-3-4-18-13(6-16)5-14(11-30-18)21-25-20-17(22(27)26-21)7-12(8-19(20)29-2)15-9-23-24-10-15/h3-4,6-9,14-15,24H,5,10-11H2,1-2H3,(H,25,26,27). The molecule has 0 spiro atoms. The van der Waals surface area contributed by atoms with Gasteiger partial charge in [-0.1, -0.05) is 0 Å². The van der Waals surface area contributed by atoms with Gasteiger partial charge in [0.2, 0.25) is 0 Å². The first-order chi connectivity index (χ1) is 14.7. The number of hydrogen-bond acceptors (Lipinski definition) is 7. The maximum atomic E-state index is 13.0. The molecule has 2 atom stereocenters. The Labute approximate surface area is 172 Å². The van der Waals surface area contributed by atoms with Crippen molar-refractivity contribution in [2.24, 2.45) is 5.10 Å². The minimum absolute atomic E-state index is 0.0720. The number of fused-ring (bicyclic) bond motifs is 2. The molecular formula is C22H22N4O4. The zero-order valence-corrected chi connectivity index (χ0v) is 16.8. The number of hydrogen-bond donors (Lipinski definition) is 2. The molecule has 2 aliphatic rings. The first-order valence-corrected chi connectivity index (χ1v) is 9.84. The average molecular weight is 406 g/mol. The molecule has 2 N–H and O–H groups in total. The van der Waals surface area contributed by atoms with Crippen LogP contribution in [0.15, 0.2) is 40.2 Å². The molecule has 5 rings (SSSR count). The summed E-state index contributed by atoms with van der Waals surface area (Å²) in [6.45, 7) is 1.14. The zero-order chi connectivity index (χ0) is 20.7. The van der Waals surface area contributed by atoms with Gasteiger partial charge in [0.05, 0.1) is 32.1 Å². The highest BCUT2D eigenvalue weighted by Crippen LogP contribution is 2.35. The first kappa shape index (κ1) is 18.5. The van der Waals surface area contributed by atoms with E-state index in [1.165, 1.54) is 0 Å². The Morgan fingerprint density at radius 3 is 2.83 bits per heavy atom. The highest BCUT2D eigenvalue weighted by Gasteiger charge is 2.25. The number of ether oxygens (including phenoxy) is 3. The zero-order valence-electron chi connectivity index (χ0n) is 16.8. The Bertz CT molecular complexity index is 1200. The molecule has 0 fully saturated rings. The van der Waals surface area contributed by atoms with Crippen molar-refractivity contribution in [3.8, 4) is 17.2 Å². The van der Waals surface area contributed by atoms with E-state index in [0.29, 0.717) is 42.0 Å². The average Bonchev–Trinajstić information content (AvgIpc) is 3.32. The number of benzene rings is 2. The highest BCUT2D eigenvalue weighted by molar-refractivity contribution is 5.86. The Morgan fingerprint density at radius 1 is 1.17 bits per heavy atom. The largest absolute Gasteiger partial charge is 0.497 e. The van der Waals surface area contributed by atoms with Gasteiger partial charge in [0, 0.05) is 18.7 Å². The molecule has 0 aliphatic carbocycles. The van der Waals surface area contributed by atoms with Crippen LogP contribution in [-0.4, -0.2) is 43.6 Å². The van der Waals surface area contributed by atoms with E-state index in [1.54, 1.807) is 14.2 Å². The van der Waals surface area contributed by atoms with E-state index in [2.05, 4.69) is 15.5 Å². The quantitative estimate of drug-likeness (QED) is 0.690. The fourth-order valence-corrected chi connectivity index (χ4v) is 4.04. The summed E-state index contributed by atoms with van der Waals surface area (Å²) in [4.78, 5) is 20.7. The lowest BCUT2D eigenvalue weighted by Gasteiger charge is -2.25. The first-order valence-electron chi connectivity index (χ1n) is 9.84. The van der Waals surface area contributed by atoms with E-state index in [4.69, 9.17) is 19.2 Å². The van der Waals surface area contributed by atoms with Gasteiger partial charge in [0.25, 0.3) is 5.56 Å². The van der Waals surface area contributed by atoms with Crippen molar-refractivity contribution in [3.05, 3.63) is 57.6 Å². The third-order valence-corrected chi connectivity index (χ3v) is 5.68. The summed E-state index contributed by atoms with van der Waals surface area (Å²) < 4.78 is 16.8. The van der Waals surface area contributed by atoms with Crippen LogP contribution in [0.5, 0.6) is 17.2 Å². The molecule has 8 heteroatoms. The van der Waals surface area contributed by atoms with E-state index >= 15 is 0 Å². The lowest BCUT2D eigenvalue weighted by atomic mass is 9.95. The number of methoxy groups -OCH3 is 2. The second-order valence-corrected chi connectivity index (χ2v) is 7.50. The molecule has 0 radical (unpaired) electrons. The van der Waals surface area contributed by atoms with Gasteiger partial charge >= 0.3 is 0 Å². The van der Waals surface area contributed by atoms with E-state index in [0.717, 1.165) is 22.6 Å². The molecule has 2 aliphatic heterocycles. The Kier molecular flexibility index (Phi) is 4.54. The number of hydrazone groups is 1. The minimum atomic E-state index is -0.186. The SMILES string of the molecule is COc1ccc2c(c1)CC(c1nc3c(OC)cc(C4C=NNC4)cc3c(=O)[nH]1)CO2. The van der Waals surface area contributed by atoms with Crippen LogP contribution in [0.4, 0.5) is 0 Å². The van der Waals surface area contributed by atoms with Crippen LogP contribution in [0.3, 0.4) is 0 Å². The number of nitrogens with one attached hydrogen (secondary N) is 2. The van der Waals surface area contributed by atoms with E-state index in [9.17, 15) is 4.79 Å². The highest BCUT2D eigenvalue weighted by atomic mass is 16.5. The number of rotatable bonds is 4. The molecule has 3 aromatic rings. The maximum absolute atomic E-state index is 13.0. The summed E-state index contributed by atoms with van der Waals surface area (Å²) in [6.07, 6.45) is 2.53. The van der Waals surface area contributed by atoms with Crippen LogP contribution in [0, 0.1) is 0 Å². The summed E-state index contributed by atoms with van der Waals surface area (Å²) in [5.41, 5.74) is 5.31. The second kappa shape index (κ2) is 7.37. The molecule has 0 saturated heterocycles. The van der Waals surface area contributed by atoms with Crippen LogP contribution in [0.1, 0.15) is 28.8 Å². The van der Waals surface area contributed by atoms with Crippen LogP contribution in [0.25, 0.3) is 10.9 Å². The number of nitrogens with zero attached hydrogens (tertiary/aromatic N) is 2. The van der Waals surface area contributed by atoms with Gasteiger partial charge in [-0.05, 0) is 47.9 Å². The molecule has 2 unspecified atom stereocenters. The summed E-state index contributed by atoms with van der Waals surface area (Å²) >= 11 is 0. The van der Waals surface area contributed by atoms with Crippen molar-refractivity contribution in [2.75, 3.05) is 27.4 Å². The molecule has 30 heavy (non-hydrogen) atoms. The summed E-state index contributed by atoms with van der Waals surface area (Å²) in [5.74, 6) is 2.81. The fraction of sp³-hybridized carbons (Fsp3) is 0.318. The van der Waals surface area contributed by atoms with Crippen LogP contribution in [-0.2, 0) is 6.42 Å². The summed E-state index contributed by atoms with van der Waals surface area (Å²) in [6, 6.07) is 9.55. The molecule has 0 amide bonds. The molecule has 1 aromatic heterocycles. The summed E-state index contributed by atoms with van der Waals surface area (Å²) in [7, 11) is 3.23. The predicted octanol–water partition coefficient (Wildman–Crippen LogP) is 2.33. The topological polar surface area (TPSA) is 97.8 Å². The smallest absolute Gasteiger partial charge is 0.258 e. The normalized spacial score (nSPS) is 19.8. The van der Waals surface area contributed by atoms with E-state index in [-0.39, 0.29) is 17.4 Å². The minimum Gasteiger partial charge on any atom is -0.497 e. The molecule has 3 heterocycles. The molecular weight excluding hydrogens is 384 g/mol. The molecule has 154 valence electrons. The number of H-pyrrole nitrogens is 1. The van der Waals surface area contributed by atoms with Crippen molar-refractivity contribution in [1.82, 2.24) is 15.4 Å². The van der Waals surface area contributed by atoms with Gasteiger partial charge in [-0.25, -0.2) is 4.98 Å². The van der Waals surface area contributed by atoms with Gasteiger partial charge < -0.3 is 24.6 Å². The van der Waals surface area contributed by atoms with Gasteiger partial charge in [0.1, 0.15) is 28.6 Å².